The fourth-order valence-corrected chi connectivity index (χ4v) is 3.46. The topological polar surface area (TPSA) is 65.2 Å². The van der Waals surface area contributed by atoms with Gasteiger partial charge in [-0.15, -0.1) is 0 Å². The number of benzene rings is 2. The molecule has 3 rings (SSSR count). The summed E-state index contributed by atoms with van der Waals surface area (Å²) in [7, 11) is 0. The van der Waals surface area contributed by atoms with Crippen LogP contribution in [0.3, 0.4) is 0 Å². The minimum absolute atomic E-state index is 0.0938. The maximum absolute atomic E-state index is 12.9. The van der Waals surface area contributed by atoms with Gasteiger partial charge in [0.15, 0.2) is 0 Å². The molecule has 2 aromatic rings. The van der Waals surface area contributed by atoms with Crippen LogP contribution in [0.25, 0.3) is 0 Å². The molecule has 0 radical (unpaired) electrons. The van der Waals surface area contributed by atoms with Gasteiger partial charge in [-0.25, -0.2) is 0 Å². The van der Waals surface area contributed by atoms with E-state index in [0.717, 1.165) is 61.7 Å². The second-order valence-corrected chi connectivity index (χ2v) is 7.52. The average Bonchev–Trinajstić information content (AvgIpc) is 2.71. The fourth-order valence-electron chi connectivity index (χ4n) is 3.46. The molecule has 1 aliphatic carbocycles. The van der Waals surface area contributed by atoms with Crippen molar-refractivity contribution in [3.8, 4) is 11.5 Å². The molecular formula is C22H20F6N2O2. The van der Waals surface area contributed by atoms with Crippen LogP contribution in [0, 0.1) is 0 Å². The lowest BCUT2D eigenvalue weighted by Gasteiger charge is -2.25. The molecule has 1 saturated carbocycles. The molecule has 0 bridgehead atoms. The van der Waals surface area contributed by atoms with Gasteiger partial charge in [0.1, 0.15) is 11.5 Å². The number of phenolic OH excluding ortho intramolecular Hbond substituents is 2. The van der Waals surface area contributed by atoms with Gasteiger partial charge in [0, 0.05) is 23.6 Å². The van der Waals surface area contributed by atoms with Gasteiger partial charge in [0.25, 0.3) is 0 Å². The van der Waals surface area contributed by atoms with Crippen LogP contribution < -0.4 is 0 Å². The molecule has 2 aromatic carbocycles. The van der Waals surface area contributed by atoms with Crippen molar-refractivity contribution in [3.05, 3.63) is 58.7 Å². The minimum atomic E-state index is -4.57. The molecule has 2 atom stereocenters. The molecule has 0 saturated heterocycles. The molecule has 1 fully saturated rings. The Balaban J connectivity index is 1.82. The largest absolute Gasteiger partial charge is 0.507 e. The first-order valence-electron chi connectivity index (χ1n) is 9.82. The third kappa shape index (κ3) is 5.80. The number of nitrogens with zero attached hydrogens (tertiary/aromatic N) is 2. The molecule has 0 aromatic heterocycles. The first-order chi connectivity index (χ1) is 14.9. The number of rotatable bonds is 4. The molecule has 1 aliphatic rings. The average molecular weight is 458 g/mol. The van der Waals surface area contributed by atoms with E-state index in [4.69, 9.17) is 0 Å². The second kappa shape index (κ2) is 9.22. The first kappa shape index (κ1) is 23.6. The Morgan fingerprint density at radius 1 is 0.688 bits per heavy atom. The van der Waals surface area contributed by atoms with E-state index >= 15 is 0 Å². The van der Waals surface area contributed by atoms with Crippen molar-refractivity contribution < 1.29 is 36.6 Å². The number of phenols is 2. The highest BCUT2D eigenvalue weighted by molar-refractivity contribution is 5.85. The van der Waals surface area contributed by atoms with E-state index in [9.17, 15) is 36.6 Å². The zero-order valence-corrected chi connectivity index (χ0v) is 16.7. The number of aliphatic imine (C=N–C) groups is 2. The number of alkyl halides is 6. The van der Waals surface area contributed by atoms with Gasteiger partial charge in [-0.3, -0.25) is 9.98 Å². The standard InChI is InChI=1S/C22H20F6N2O2/c23-21(24,25)15-5-7-19(31)13(9-15)11-29-17-3-1-2-4-18(17)30-12-14-10-16(22(26,27)28)6-8-20(14)32/h5-12,17-18,31-32H,1-4H2/t17-,18-/m0/s1. The van der Waals surface area contributed by atoms with Crippen molar-refractivity contribution in [2.45, 2.75) is 50.1 Å². The fraction of sp³-hybridized carbons (Fsp3) is 0.364. The van der Waals surface area contributed by atoms with Crippen molar-refractivity contribution in [3.63, 3.8) is 0 Å². The van der Waals surface area contributed by atoms with Crippen LogP contribution in [0.2, 0.25) is 0 Å². The summed E-state index contributed by atoms with van der Waals surface area (Å²) in [6, 6.07) is 4.14. The lowest BCUT2D eigenvalue weighted by molar-refractivity contribution is -0.138. The molecule has 2 N–H and O–H groups in total. The molecule has 172 valence electrons. The van der Waals surface area contributed by atoms with Gasteiger partial charge < -0.3 is 10.2 Å². The van der Waals surface area contributed by atoms with E-state index < -0.39 is 35.6 Å². The predicted octanol–water partition coefficient (Wildman–Crippen LogP) is 5.98. The van der Waals surface area contributed by atoms with E-state index in [1.165, 1.54) is 0 Å². The van der Waals surface area contributed by atoms with E-state index in [1.807, 2.05) is 0 Å². The second-order valence-electron chi connectivity index (χ2n) is 7.52. The Morgan fingerprint density at radius 2 is 1.06 bits per heavy atom. The zero-order valence-electron chi connectivity index (χ0n) is 16.7. The van der Waals surface area contributed by atoms with Gasteiger partial charge >= 0.3 is 12.4 Å². The van der Waals surface area contributed by atoms with Crippen LogP contribution >= 0.6 is 0 Å². The Morgan fingerprint density at radius 3 is 1.41 bits per heavy atom. The molecule has 32 heavy (non-hydrogen) atoms. The summed E-state index contributed by atoms with van der Waals surface area (Å²) < 4.78 is 77.5. The van der Waals surface area contributed by atoms with Crippen LogP contribution in [0.1, 0.15) is 47.9 Å². The summed E-state index contributed by atoms with van der Waals surface area (Å²) >= 11 is 0. The van der Waals surface area contributed by atoms with Crippen LogP contribution in [-0.2, 0) is 12.4 Å². The summed E-state index contributed by atoms with van der Waals surface area (Å²) in [4.78, 5) is 8.60. The van der Waals surface area contributed by atoms with Crippen molar-refractivity contribution in [1.29, 1.82) is 0 Å². The van der Waals surface area contributed by atoms with Crippen molar-refractivity contribution >= 4 is 12.4 Å². The third-order valence-electron chi connectivity index (χ3n) is 5.21. The molecule has 0 unspecified atom stereocenters. The molecule has 10 heteroatoms. The molecule has 0 aliphatic heterocycles. The summed E-state index contributed by atoms with van der Waals surface area (Å²) in [5, 5.41) is 19.7. The Kier molecular flexibility index (Phi) is 6.80. The maximum atomic E-state index is 12.9. The molecular weight excluding hydrogens is 438 g/mol. The molecule has 0 spiro atoms. The number of halogens is 6. The highest BCUT2D eigenvalue weighted by atomic mass is 19.4. The Hall–Kier alpha value is -3.04. The predicted molar refractivity (Wildman–Crippen MR) is 107 cm³/mol. The summed E-state index contributed by atoms with van der Waals surface area (Å²) in [5.74, 6) is -0.710. The molecule has 0 amide bonds. The van der Waals surface area contributed by atoms with Crippen molar-refractivity contribution in [2.75, 3.05) is 0 Å². The van der Waals surface area contributed by atoms with Gasteiger partial charge in [-0.05, 0) is 49.2 Å². The van der Waals surface area contributed by atoms with E-state index in [1.54, 1.807) is 0 Å². The normalized spacial score (nSPS) is 20.3. The molecule has 4 nitrogen and oxygen atoms in total. The van der Waals surface area contributed by atoms with E-state index in [-0.39, 0.29) is 22.6 Å². The van der Waals surface area contributed by atoms with Crippen molar-refractivity contribution in [1.82, 2.24) is 0 Å². The number of aromatic hydroxyl groups is 2. The Labute approximate surface area is 180 Å². The number of hydrogen-bond acceptors (Lipinski definition) is 4. The van der Waals surface area contributed by atoms with Crippen LogP contribution in [0.5, 0.6) is 11.5 Å². The van der Waals surface area contributed by atoms with Gasteiger partial charge in [0.2, 0.25) is 0 Å². The Bertz CT molecular complexity index is 933. The smallest absolute Gasteiger partial charge is 0.416 e. The summed E-state index contributed by atoms with van der Waals surface area (Å²) in [6.07, 6.45) is -4.06. The zero-order chi connectivity index (χ0) is 23.5. The highest BCUT2D eigenvalue weighted by Gasteiger charge is 2.32. The number of hydrogen-bond donors (Lipinski definition) is 2. The van der Waals surface area contributed by atoms with Crippen LogP contribution in [0.15, 0.2) is 46.4 Å². The van der Waals surface area contributed by atoms with Crippen LogP contribution in [0.4, 0.5) is 26.3 Å². The highest BCUT2D eigenvalue weighted by Crippen LogP contribution is 2.33. The van der Waals surface area contributed by atoms with Gasteiger partial charge in [-0.2, -0.15) is 26.3 Å². The summed E-state index contributed by atoms with van der Waals surface area (Å²) in [5.41, 5.74) is -2.03. The van der Waals surface area contributed by atoms with E-state index in [2.05, 4.69) is 9.98 Å². The monoisotopic (exact) mass is 458 g/mol. The van der Waals surface area contributed by atoms with E-state index in [0.29, 0.717) is 12.8 Å². The maximum Gasteiger partial charge on any atom is 0.416 e. The van der Waals surface area contributed by atoms with Gasteiger partial charge in [-0.1, -0.05) is 12.8 Å². The lowest BCUT2D eigenvalue weighted by atomic mass is 9.91. The quantitative estimate of drug-likeness (QED) is 0.437. The SMILES string of the molecule is Oc1ccc(C(F)(F)F)cc1C=N[C@H]1CCCC[C@@H]1N=Cc1cc(C(F)(F)F)ccc1O. The minimum Gasteiger partial charge on any atom is -0.507 e. The third-order valence-corrected chi connectivity index (χ3v) is 5.21. The summed E-state index contributed by atoms with van der Waals surface area (Å²) in [6.45, 7) is 0. The lowest BCUT2D eigenvalue weighted by Crippen LogP contribution is -2.27. The van der Waals surface area contributed by atoms with Crippen molar-refractivity contribution in [2.24, 2.45) is 9.98 Å². The first-order valence-corrected chi connectivity index (χ1v) is 9.82. The van der Waals surface area contributed by atoms with Crippen LogP contribution in [-0.4, -0.2) is 34.7 Å². The van der Waals surface area contributed by atoms with Gasteiger partial charge in [0.05, 0.1) is 23.2 Å². The molecule has 0 heterocycles.